The third-order valence-corrected chi connectivity index (χ3v) is 1.45. The van der Waals surface area contributed by atoms with Gasteiger partial charge in [0.05, 0.1) is 17.8 Å². The maximum atomic E-state index is 10.4. The van der Waals surface area contributed by atoms with Crippen molar-refractivity contribution >= 4 is 12.2 Å². The first-order chi connectivity index (χ1) is 6.74. The Balaban J connectivity index is 2.81. The number of hydrogen-bond acceptors (Lipinski definition) is 4. The van der Waals surface area contributed by atoms with Crippen molar-refractivity contribution in [2.24, 2.45) is 5.16 Å². The monoisotopic (exact) mass is 188 g/mol. The van der Waals surface area contributed by atoms with Crippen LogP contribution in [0.5, 0.6) is 0 Å². The summed E-state index contributed by atoms with van der Waals surface area (Å²) in [6.45, 7) is 1.26. The van der Waals surface area contributed by atoms with Crippen molar-refractivity contribution in [1.82, 2.24) is 0 Å². The Kier molecular flexibility index (Phi) is 3.39. The van der Waals surface area contributed by atoms with Crippen LogP contribution in [0.3, 0.4) is 0 Å². The molecule has 4 nitrogen and oxygen atoms in total. The molecule has 0 aromatic heterocycles. The molecule has 0 spiro atoms. The predicted octanol–water partition coefficient (Wildman–Crippen LogP) is 1.46. The van der Waals surface area contributed by atoms with Crippen molar-refractivity contribution in [1.29, 1.82) is 5.26 Å². The predicted molar refractivity (Wildman–Crippen MR) is 50.5 cm³/mol. The molecule has 0 saturated carbocycles. The lowest BCUT2D eigenvalue weighted by molar-refractivity contribution is -0.140. The largest absolute Gasteiger partial charge is 0.331 e. The molecular formula is C10H8N2O2. The van der Waals surface area contributed by atoms with E-state index in [4.69, 9.17) is 5.26 Å². The van der Waals surface area contributed by atoms with Crippen LogP contribution in [0.4, 0.5) is 0 Å². The van der Waals surface area contributed by atoms with E-state index >= 15 is 0 Å². The van der Waals surface area contributed by atoms with Gasteiger partial charge in [-0.3, -0.25) is 0 Å². The van der Waals surface area contributed by atoms with E-state index in [0.29, 0.717) is 11.1 Å². The summed E-state index contributed by atoms with van der Waals surface area (Å²) >= 11 is 0. The van der Waals surface area contributed by atoms with Crippen LogP contribution >= 0.6 is 0 Å². The second-order valence-electron chi connectivity index (χ2n) is 2.52. The minimum atomic E-state index is -0.490. The van der Waals surface area contributed by atoms with Crippen LogP contribution in [0.25, 0.3) is 0 Å². The van der Waals surface area contributed by atoms with Crippen LogP contribution in [0, 0.1) is 11.3 Å². The highest BCUT2D eigenvalue weighted by molar-refractivity contribution is 5.83. The number of carbonyl (C=O) groups is 1. The van der Waals surface area contributed by atoms with Crippen LogP contribution < -0.4 is 0 Å². The Bertz CT molecular complexity index is 405. The number of nitrogens with zero attached hydrogens (tertiary/aromatic N) is 2. The molecule has 0 saturated heterocycles. The average molecular weight is 188 g/mol. The number of benzene rings is 1. The highest BCUT2D eigenvalue weighted by atomic mass is 16.7. The van der Waals surface area contributed by atoms with Crippen LogP contribution in [-0.2, 0) is 9.63 Å². The van der Waals surface area contributed by atoms with Gasteiger partial charge in [-0.2, -0.15) is 5.26 Å². The standard InChI is InChI=1S/C10H8N2O2/c1-8(13)14-12-7-10-5-3-2-4-9(10)6-11/h2-5,7H,1H3. The van der Waals surface area contributed by atoms with Crippen LogP contribution in [0.15, 0.2) is 29.4 Å². The Labute approximate surface area is 81.4 Å². The van der Waals surface area contributed by atoms with E-state index in [9.17, 15) is 4.79 Å². The number of carbonyl (C=O) groups excluding carboxylic acids is 1. The zero-order valence-electron chi connectivity index (χ0n) is 7.60. The summed E-state index contributed by atoms with van der Waals surface area (Å²) in [4.78, 5) is 14.8. The van der Waals surface area contributed by atoms with Crippen molar-refractivity contribution < 1.29 is 9.63 Å². The summed E-state index contributed by atoms with van der Waals surface area (Å²) in [5, 5.41) is 12.1. The van der Waals surface area contributed by atoms with E-state index in [2.05, 4.69) is 9.99 Å². The van der Waals surface area contributed by atoms with E-state index in [0.717, 1.165) is 0 Å². The fourth-order valence-electron chi connectivity index (χ4n) is 0.869. The van der Waals surface area contributed by atoms with Gasteiger partial charge in [-0.25, -0.2) is 4.79 Å². The first kappa shape index (κ1) is 9.93. The summed E-state index contributed by atoms with van der Waals surface area (Å²) in [5.41, 5.74) is 1.11. The molecule has 0 aliphatic carbocycles. The lowest BCUT2D eigenvalue weighted by atomic mass is 10.1. The lowest BCUT2D eigenvalue weighted by Crippen LogP contribution is -1.93. The maximum Gasteiger partial charge on any atom is 0.331 e. The van der Waals surface area contributed by atoms with Gasteiger partial charge in [-0.15, -0.1) is 0 Å². The molecule has 0 aliphatic rings. The molecule has 1 aromatic carbocycles. The van der Waals surface area contributed by atoms with E-state index in [1.54, 1.807) is 24.3 Å². The minimum absolute atomic E-state index is 0.489. The smallest absolute Gasteiger partial charge is 0.319 e. The van der Waals surface area contributed by atoms with Gasteiger partial charge in [0, 0.05) is 12.5 Å². The fraction of sp³-hybridized carbons (Fsp3) is 0.100. The maximum absolute atomic E-state index is 10.4. The van der Waals surface area contributed by atoms with Crippen molar-refractivity contribution in [3.8, 4) is 6.07 Å². The first-order valence-electron chi connectivity index (χ1n) is 3.94. The second kappa shape index (κ2) is 4.77. The van der Waals surface area contributed by atoms with E-state index in [1.165, 1.54) is 13.1 Å². The molecule has 0 fully saturated rings. The molecule has 0 N–H and O–H groups in total. The van der Waals surface area contributed by atoms with Gasteiger partial charge >= 0.3 is 5.97 Å². The Morgan fingerprint density at radius 1 is 1.57 bits per heavy atom. The molecule has 0 unspecified atom stereocenters. The van der Waals surface area contributed by atoms with Crippen molar-refractivity contribution in [3.63, 3.8) is 0 Å². The van der Waals surface area contributed by atoms with Gasteiger partial charge in [-0.1, -0.05) is 23.4 Å². The Morgan fingerprint density at radius 3 is 2.93 bits per heavy atom. The molecule has 0 amide bonds. The third kappa shape index (κ3) is 2.72. The quantitative estimate of drug-likeness (QED) is 0.401. The number of nitriles is 1. The van der Waals surface area contributed by atoms with Gasteiger partial charge < -0.3 is 4.84 Å². The minimum Gasteiger partial charge on any atom is -0.319 e. The van der Waals surface area contributed by atoms with Crippen LogP contribution in [0.2, 0.25) is 0 Å². The molecule has 4 heteroatoms. The molecule has 0 aliphatic heterocycles. The lowest BCUT2D eigenvalue weighted by Gasteiger charge is -1.94. The fourth-order valence-corrected chi connectivity index (χ4v) is 0.869. The van der Waals surface area contributed by atoms with Gasteiger partial charge in [0.15, 0.2) is 0 Å². The van der Waals surface area contributed by atoms with Gasteiger partial charge in [-0.05, 0) is 6.07 Å². The third-order valence-electron chi connectivity index (χ3n) is 1.45. The number of rotatable bonds is 2. The molecule has 0 bridgehead atoms. The summed E-state index contributed by atoms with van der Waals surface area (Å²) in [6.07, 6.45) is 1.33. The topological polar surface area (TPSA) is 62.4 Å². The number of hydrogen-bond donors (Lipinski definition) is 0. The zero-order chi connectivity index (χ0) is 10.4. The van der Waals surface area contributed by atoms with Gasteiger partial charge in [0.1, 0.15) is 0 Å². The highest BCUT2D eigenvalue weighted by Gasteiger charge is 1.96. The number of oxime groups is 1. The van der Waals surface area contributed by atoms with E-state index in [-0.39, 0.29) is 0 Å². The summed E-state index contributed by atoms with van der Waals surface area (Å²) < 4.78 is 0. The van der Waals surface area contributed by atoms with Crippen LogP contribution in [-0.4, -0.2) is 12.2 Å². The first-order valence-corrected chi connectivity index (χ1v) is 3.94. The zero-order valence-corrected chi connectivity index (χ0v) is 7.60. The molecule has 0 heterocycles. The van der Waals surface area contributed by atoms with Crippen molar-refractivity contribution in [3.05, 3.63) is 35.4 Å². The van der Waals surface area contributed by atoms with Gasteiger partial charge in [0.25, 0.3) is 0 Å². The molecular weight excluding hydrogens is 180 g/mol. The highest BCUT2D eigenvalue weighted by Crippen LogP contribution is 2.03. The second-order valence-corrected chi connectivity index (χ2v) is 2.52. The molecule has 0 radical (unpaired) electrons. The summed E-state index contributed by atoms with van der Waals surface area (Å²) in [6, 6.07) is 8.90. The molecule has 14 heavy (non-hydrogen) atoms. The van der Waals surface area contributed by atoms with Gasteiger partial charge in [0.2, 0.25) is 0 Å². The summed E-state index contributed by atoms with van der Waals surface area (Å²) in [5.74, 6) is -0.490. The molecule has 70 valence electrons. The average Bonchev–Trinajstić information content (AvgIpc) is 2.18. The summed E-state index contributed by atoms with van der Waals surface area (Å²) in [7, 11) is 0. The van der Waals surface area contributed by atoms with Crippen molar-refractivity contribution in [2.45, 2.75) is 6.92 Å². The van der Waals surface area contributed by atoms with Crippen LogP contribution in [0.1, 0.15) is 18.1 Å². The van der Waals surface area contributed by atoms with E-state index < -0.39 is 5.97 Å². The molecule has 1 rings (SSSR count). The Hall–Kier alpha value is -2.15. The van der Waals surface area contributed by atoms with Crippen molar-refractivity contribution in [2.75, 3.05) is 0 Å². The molecule has 0 atom stereocenters. The normalized spacial score (nSPS) is 9.71. The van der Waals surface area contributed by atoms with E-state index in [1.807, 2.05) is 6.07 Å². The Morgan fingerprint density at radius 2 is 2.29 bits per heavy atom. The SMILES string of the molecule is CC(=O)ON=Cc1ccccc1C#N. The molecule has 1 aromatic rings.